The van der Waals surface area contributed by atoms with Crippen LogP contribution < -0.4 is 16.4 Å². The number of aldehydes is 1. The van der Waals surface area contributed by atoms with Gasteiger partial charge in [0.15, 0.2) is 5.78 Å². The summed E-state index contributed by atoms with van der Waals surface area (Å²) in [5, 5.41) is 33.2. The highest BCUT2D eigenvalue weighted by Crippen LogP contribution is 2.03. The highest BCUT2D eigenvalue weighted by atomic mass is 16.4. The van der Waals surface area contributed by atoms with Crippen molar-refractivity contribution in [3.05, 3.63) is 0 Å². The van der Waals surface area contributed by atoms with Crippen LogP contribution in [0.2, 0.25) is 0 Å². The van der Waals surface area contributed by atoms with E-state index in [9.17, 15) is 48.9 Å². The van der Waals surface area contributed by atoms with Crippen molar-refractivity contribution < 1.29 is 48.9 Å². The first-order valence-electron chi connectivity index (χ1n) is 14.7. The second kappa shape index (κ2) is 22.1. The topological polar surface area (TPSA) is 243 Å². The lowest BCUT2D eigenvalue weighted by Crippen LogP contribution is -2.50. The maximum atomic E-state index is 12.8. The van der Waals surface area contributed by atoms with Crippen molar-refractivity contribution in [2.45, 2.75) is 38.1 Å². The van der Waals surface area contributed by atoms with Gasteiger partial charge in [-0.1, -0.05) is 0 Å². The zero-order valence-corrected chi connectivity index (χ0v) is 25.2. The molecule has 0 saturated carbocycles. The standard InChI is InChI=1S/C27H47N7O10/c28-27(44)22(30-23(38)5-3-15-35)4-1-2-6-29-24(39)17-32-9-7-31(16-21(37)20-36)8-11-33(18-25(40)41)13-14-34(12-10-32)19-26(42)43/h15,22,36H,1-14,16-20H2,(H2,28,44)(H,29,39)(H,30,38)(H,40,41)(H,42,43)/t22-/m0/s1. The number of nitrogens with zero attached hydrogens (tertiary/aromatic N) is 4. The van der Waals surface area contributed by atoms with Crippen molar-refractivity contribution in [2.75, 3.05) is 91.7 Å². The molecule has 1 fully saturated rings. The number of carbonyl (C=O) groups excluding carboxylic acids is 5. The Hall–Kier alpha value is -3.51. The minimum absolute atomic E-state index is 0.00450. The van der Waals surface area contributed by atoms with Gasteiger partial charge in [-0.15, -0.1) is 0 Å². The highest BCUT2D eigenvalue weighted by Gasteiger charge is 2.21. The summed E-state index contributed by atoms with van der Waals surface area (Å²) >= 11 is 0. The summed E-state index contributed by atoms with van der Waals surface area (Å²) < 4.78 is 0. The molecule has 0 spiro atoms. The maximum absolute atomic E-state index is 12.8. The van der Waals surface area contributed by atoms with Crippen LogP contribution in [-0.2, 0) is 33.6 Å². The molecule has 0 aromatic carbocycles. The number of primary amides is 1. The van der Waals surface area contributed by atoms with Crippen LogP contribution in [0.4, 0.5) is 0 Å². The first-order chi connectivity index (χ1) is 20.9. The molecule has 1 aliphatic heterocycles. The molecule has 17 heteroatoms. The third kappa shape index (κ3) is 18.2. The fourth-order valence-electron chi connectivity index (χ4n) is 4.60. The Kier molecular flexibility index (Phi) is 19.3. The molecule has 0 aromatic rings. The molecule has 17 nitrogen and oxygen atoms in total. The van der Waals surface area contributed by atoms with E-state index < -0.39 is 42.2 Å². The van der Waals surface area contributed by atoms with E-state index in [4.69, 9.17) is 5.73 Å². The van der Waals surface area contributed by atoms with Crippen LogP contribution in [0.25, 0.3) is 0 Å². The largest absolute Gasteiger partial charge is 0.480 e. The molecular formula is C27H47N7O10. The number of aliphatic carboxylic acids is 2. The van der Waals surface area contributed by atoms with Gasteiger partial charge in [-0.05, 0) is 19.3 Å². The molecule has 0 radical (unpaired) electrons. The normalized spacial score (nSPS) is 17.0. The highest BCUT2D eigenvalue weighted by molar-refractivity contribution is 5.87. The third-order valence-electron chi connectivity index (χ3n) is 7.00. The minimum Gasteiger partial charge on any atom is -0.480 e. The molecule has 250 valence electrons. The predicted octanol–water partition coefficient (Wildman–Crippen LogP) is -3.83. The molecule has 1 rings (SSSR count). The van der Waals surface area contributed by atoms with E-state index in [0.29, 0.717) is 78.0 Å². The summed E-state index contributed by atoms with van der Waals surface area (Å²) in [6.45, 7) is 1.74. The smallest absolute Gasteiger partial charge is 0.317 e. The van der Waals surface area contributed by atoms with Crippen molar-refractivity contribution in [1.82, 2.24) is 30.2 Å². The van der Waals surface area contributed by atoms with Gasteiger partial charge in [0.2, 0.25) is 17.7 Å². The van der Waals surface area contributed by atoms with Gasteiger partial charge in [-0.2, -0.15) is 0 Å². The first-order valence-corrected chi connectivity index (χ1v) is 14.7. The van der Waals surface area contributed by atoms with Crippen molar-refractivity contribution in [2.24, 2.45) is 5.73 Å². The molecule has 7 N–H and O–H groups in total. The van der Waals surface area contributed by atoms with Gasteiger partial charge < -0.3 is 36.5 Å². The van der Waals surface area contributed by atoms with Crippen LogP contribution in [0.5, 0.6) is 0 Å². The van der Waals surface area contributed by atoms with E-state index in [0.717, 1.165) is 0 Å². The molecule has 3 amide bonds. The quantitative estimate of drug-likeness (QED) is 0.0593. The average molecular weight is 630 g/mol. The summed E-state index contributed by atoms with van der Waals surface area (Å²) in [5.74, 6) is -3.86. The zero-order valence-electron chi connectivity index (χ0n) is 25.2. The van der Waals surface area contributed by atoms with Crippen LogP contribution in [0.1, 0.15) is 32.1 Å². The lowest BCUT2D eigenvalue weighted by atomic mass is 10.1. The summed E-state index contributed by atoms with van der Waals surface area (Å²) in [6, 6.07) is -0.877. The van der Waals surface area contributed by atoms with Crippen molar-refractivity contribution >= 4 is 41.7 Å². The number of ketones is 1. The van der Waals surface area contributed by atoms with E-state index in [1.807, 2.05) is 4.90 Å². The fourth-order valence-corrected chi connectivity index (χ4v) is 4.60. The number of aliphatic hydroxyl groups is 1. The Morgan fingerprint density at radius 2 is 1.20 bits per heavy atom. The number of Topliss-reactive ketones (excluding diaryl/α,β-unsaturated/α-hetero) is 1. The lowest BCUT2D eigenvalue weighted by Gasteiger charge is -2.33. The Balaban J connectivity index is 2.75. The van der Waals surface area contributed by atoms with Gasteiger partial charge in [0.05, 0.1) is 26.2 Å². The van der Waals surface area contributed by atoms with Gasteiger partial charge in [-0.3, -0.25) is 48.4 Å². The number of carboxylic acid groups (broad SMARTS) is 2. The number of rotatable bonds is 19. The number of carbonyl (C=O) groups is 7. The van der Waals surface area contributed by atoms with Gasteiger partial charge in [0.1, 0.15) is 18.9 Å². The van der Waals surface area contributed by atoms with Crippen molar-refractivity contribution in [3.8, 4) is 0 Å². The molecule has 44 heavy (non-hydrogen) atoms. The monoisotopic (exact) mass is 629 g/mol. The second-order valence-electron chi connectivity index (χ2n) is 10.7. The van der Waals surface area contributed by atoms with Gasteiger partial charge in [0, 0.05) is 71.7 Å². The molecule has 0 aromatic heterocycles. The van der Waals surface area contributed by atoms with E-state index in [1.54, 1.807) is 14.7 Å². The first kappa shape index (κ1) is 38.5. The Labute approximate surface area is 256 Å². The molecule has 1 atom stereocenters. The Morgan fingerprint density at radius 3 is 1.64 bits per heavy atom. The summed E-state index contributed by atoms with van der Waals surface area (Å²) in [5.41, 5.74) is 5.36. The minimum atomic E-state index is -1.03. The number of aliphatic hydroxyl groups excluding tert-OH is 1. The van der Waals surface area contributed by atoms with Gasteiger partial charge >= 0.3 is 11.9 Å². The number of carboxylic acids is 2. The van der Waals surface area contributed by atoms with E-state index in [1.165, 1.54) is 0 Å². The fraction of sp³-hybridized carbons (Fsp3) is 0.741. The van der Waals surface area contributed by atoms with Gasteiger partial charge in [-0.25, -0.2) is 0 Å². The second-order valence-corrected chi connectivity index (χ2v) is 10.7. The van der Waals surface area contributed by atoms with Crippen LogP contribution in [0.3, 0.4) is 0 Å². The number of unbranched alkanes of at least 4 members (excludes halogenated alkanes) is 1. The Bertz CT molecular complexity index is 967. The molecule has 0 bridgehead atoms. The van der Waals surface area contributed by atoms with Crippen LogP contribution in [0, 0.1) is 0 Å². The van der Waals surface area contributed by atoms with Crippen molar-refractivity contribution in [3.63, 3.8) is 0 Å². The maximum Gasteiger partial charge on any atom is 0.317 e. The number of amides is 3. The average Bonchev–Trinajstić information content (AvgIpc) is 2.95. The van der Waals surface area contributed by atoms with Crippen molar-refractivity contribution in [1.29, 1.82) is 0 Å². The predicted molar refractivity (Wildman–Crippen MR) is 156 cm³/mol. The molecule has 1 heterocycles. The summed E-state index contributed by atoms with van der Waals surface area (Å²) in [7, 11) is 0. The zero-order chi connectivity index (χ0) is 32.9. The molecule has 1 saturated heterocycles. The molecule has 1 aliphatic rings. The van der Waals surface area contributed by atoms with E-state index in [2.05, 4.69) is 10.6 Å². The molecular weight excluding hydrogens is 582 g/mol. The molecule has 0 aliphatic carbocycles. The number of hydrogen-bond acceptors (Lipinski definition) is 12. The van der Waals surface area contributed by atoms with E-state index >= 15 is 0 Å². The van der Waals surface area contributed by atoms with Crippen LogP contribution >= 0.6 is 0 Å². The molecule has 0 unspecified atom stereocenters. The summed E-state index contributed by atoms with van der Waals surface area (Å²) in [6.07, 6.45) is 1.89. The number of hydrogen-bond donors (Lipinski definition) is 6. The Morgan fingerprint density at radius 1 is 0.727 bits per heavy atom. The SMILES string of the molecule is NC(=O)[C@H](CCCCNC(=O)CN1CCN(CC(=O)O)CCN(CC(=O)O)CCN(CC(=O)CO)CC1)NC(=O)CCC=O. The lowest BCUT2D eigenvalue weighted by molar-refractivity contribution is -0.140. The van der Waals surface area contributed by atoms with Crippen LogP contribution in [-0.4, -0.2) is 174 Å². The van der Waals surface area contributed by atoms with Crippen LogP contribution in [0.15, 0.2) is 0 Å². The third-order valence-corrected chi connectivity index (χ3v) is 7.00. The summed E-state index contributed by atoms with van der Waals surface area (Å²) in [4.78, 5) is 88.4. The van der Waals surface area contributed by atoms with E-state index in [-0.39, 0.29) is 51.3 Å². The number of nitrogens with one attached hydrogen (secondary N) is 2. The number of nitrogens with two attached hydrogens (primary N) is 1. The van der Waals surface area contributed by atoms with Gasteiger partial charge in [0.25, 0.3) is 0 Å².